The van der Waals surface area contributed by atoms with Gasteiger partial charge in [-0.05, 0) is 61.9 Å². The molecule has 0 atom stereocenters. The van der Waals surface area contributed by atoms with Crippen molar-refractivity contribution in [1.29, 1.82) is 0 Å². The first-order chi connectivity index (χ1) is 9.72. The quantitative estimate of drug-likeness (QED) is 0.874. The Morgan fingerprint density at radius 2 is 1.75 bits per heavy atom. The molecule has 0 spiro atoms. The lowest BCUT2D eigenvalue weighted by Crippen LogP contribution is -2.04. The van der Waals surface area contributed by atoms with Crippen molar-refractivity contribution in [2.24, 2.45) is 5.73 Å². The van der Waals surface area contributed by atoms with Crippen LogP contribution in [0.2, 0.25) is 5.02 Å². The van der Waals surface area contributed by atoms with E-state index >= 15 is 0 Å². The maximum atomic E-state index is 6.02. The second kappa shape index (κ2) is 7.17. The van der Waals surface area contributed by atoms with E-state index in [4.69, 9.17) is 26.8 Å². The number of hydrogen-bond donors (Lipinski definition) is 1. The predicted octanol–water partition coefficient (Wildman–Crippen LogP) is 4.03. The lowest BCUT2D eigenvalue weighted by Gasteiger charge is -2.12. The molecule has 106 valence electrons. The highest BCUT2D eigenvalue weighted by atomic mass is 35.5. The minimum atomic E-state index is 0.571. The molecule has 0 aliphatic rings. The van der Waals surface area contributed by atoms with Gasteiger partial charge >= 0.3 is 0 Å². The summed E-state index contributed by atoms with van der Waals surface area (Å²) in [6, 6.07) is 13.1. The van der Waals surface area contributed by atoms with E-state index in [1.54, 1.807) is 0 Å². The van der Waals surface area contributed by atoms with Crippen LogP contribution in [0.1, 0.15) is 12.5 Å². The topological polar surface area (TPSA) is 44.5 Å². The molecule has 2 N–H and O–H groups in total. The van der Waals surface area contributed by atoms with Crippen molar-refractivity contribution in [3.8, 4) is 17.2 Å². The summed E-state index contributed by atoms with van der Waals surface area (Å²) in [4.78, 5) is 0. The van der Waals surface area contributed by atoms with Crippen molar-refractivity contribution in [3.05, 3.63) is 53.1 Å². The number of hydrogen-bond acceptors (Lipinski definition) is 3. The van der Waals surface area contributed by atoms with Crippen LogP contribution in [0.3, 0.4) is 0 Å². The van der Waals surface area contributed by atoms with Gasteiger partial charge in [0, 0.05) is 5.02 Å². The Morgan fingerprint density at radius 1 is 1.05 bits per heavy atom. The summed E-state index contributed by atoms with van der Waals surface area (Å²) >= 11 is 6.02. The van der Waals surface area contributed by atoms with E-state index in [9.17, 15) is 0 Å². The van der Waals surface area contributed by atoms with Crippen LogP contribution in [-0.2, 0) is 6.42 Å². The number of ether oxygens (including phenoxy) is 2. The molecule has 0 fully saturated rings. The van der Waals surface area contributed by atoms with Crippen LogP contribution in [0.4, 0.5) is 0 Å². The third kappa shape index (κ3) is 3.89. The zero-order valence-electron chi connectivity index (χ0n) is 11.4. The minimum Gasteiger partial charge on any atom is -0.494 e. The Bertz CT molecular complexity index is 555. The van der Waals surface area contributed by atoms with E-state index in [-0.39, 0.29) is 0 Å². The third-order valence-electron chi connectivity index (χ3n) is 2.81. The Morgan fingerprint density at radius 3 is 2.40 bits per heavy atom. The fourth-order valence-corrected chi connectivity index (χ4v) is 2.05. The van der Waals surface area contributed by atoms with Gasteiger partial charge in [0.25, 0.3) is 0 Å². The normalized spacial score (nSPS) is 10.3. The summed E-state index contributed by atoms with van der Waals surface area (Å²) in [7, 11) is 0. The van der Waals surface area contributed by atoms with Gasteiger partial charge in [-0.25, -0.2) is 0 Å². The summed E-state index contributed by atoms with van der Waals surface area (Å²) in [5.74, 6) is 2.31. The molecule has 2 aromatic rings. The van der Waals surface area contributed by atoms with Gasteiger partial charge < -0.3 is 15.2 Å². The van der Waals surface area contributed by atoms with Crippen molar-refractivity contribution in [3.63, 3.8) is 0 Å². The Balaban J connectivity index is 2.18. The highest BCUT2D eigenvalue weighted by Gasteiger charge is 2.06. The minimum absolute atomic E-state index is 0.571. The highest BCUT2D eigenvalue weighted by Crippen LogP contribution is 2.29. The Labute approximate surface area is 124 Å². The average molecular weight is 292 g/mol. The van der Waals surface area contributed by atoms with Crippen LogP contribution in [0.15, 0.2) is 42.5 Å². The summed E-state index contributed by atoms with van der Waals surface area (Å²) in [6.45, 7) is 3.17. The van der Waals surface area contributed by atoms with Gasteiger partial charge in [-0.1, -0.05) is 17.7 Å². The summed E-state index contributed by atoms with van der Waals surface area (Å²) in [5.41, 5.74) is 6.66. The van der Waals surface area contributed by atoms with E-state index in [2.05, 4.69) is 0 Å². The predicted molar refractivity (Wildman–Crippen MR) is 81.9 cm³/mol. The molecule has 0 unspecified atom stereocenters. The number of benzene rings is 2. The second-order valence-electron chi connectivity index (χ2n) is 4.30. The molecule has 2 aromatic carbocycles. The molecular weight excluding hydrogens is 274 g/mol. The first-order valence-electron chi connectivity index (χ1n) is 6.62. The number of nitrogens with two attached hydrogens (primary N) is 1. The van der Waals surface area contributed by atoms with E-state index in [1.165, 1.54) is 0 Å². The molecule has 0 bridgehead atoms. The van der Waals surface area contributed by atoms with Gasteiger partial charge in [-0.2, -0.15) is 0 Å². The molecule has 0 radical (unpaired) electrons. The summed E-state index contributed by atoms with van der Waals surface area (Å²) in [5, 5.41) is 0.645. The zero-order valence-corrected chi connectivity index (χ0v) is 12.2. The number of rotatable bonds is 6. The van der Waals surface area contributed by atoms with Gasteiger partial charge in [-0.3, -0.25) is 0 Å². The average Bonchev–Trinajstić information content (AvgIpc) is 2.44. The molecule has 20 heavy (non-hydrogen) atoms. The van der Waals surface area contributed by atoms with Crippen molar-refractivity contribution >= 4 is 11.6 Å². The molecule has 0 aliphatic carbocycles. The van der Waals surface area contributed by atoms with Crippen molar-refractivity contribution in [2.45, 2.75) is 13.3 Å². The summed E-state index contributed by atoms with van der Waals surface area (Å²) < 4.78 is 11.3. The van der Waals surface area contributed by atoms with Crippen LogP contribution in [0, 0.1) is 0 Å². The molecule has 3 nitrogen and oxygen atoms in total. The molecule has 0 saturated heterocycles. The fourth-order valence-electron chi connectivity index (χ4n) is 1.88. The summed E-state index contributed by atoms with van der Waals surface area (Å²) in [6.07, 6.45) is 0.754. The van der Waals surface area contributed by atoms with E-state index < -0.39 is 0 Å². The standard InChI is InChI=1S/C16H18ClNO2/c1-2-19-14-5-7-15(8-6-14)20-16-11-13(17)4-3-12(16)9-10-18/h3-8,11H,2,9-10,18H2,1H3. The van der Waals surface area contributed by atoms with Gasteiger partial charge in [0.1, 0.15) is 17.2 Å². The molecule has 4 heteroatoms. The lowest BCUT2D eigenvalue weighted by atomic mass is 10.1. The van der Waals surface area contributed by atoms with Crippen LogP contribution in [-0.4, -0.2) is 13.2 Å². The number of halogens is 1. The van der Waals surface area contributed by atoms with Crippen LogP contribution < -0.4 is 15.2 Å². The van der Waals surface area contributed by atoms with Crippen molar-refractivity contribution in [1.82, 2.24) is 0 Å². The first kappa shape index (κ1) is 14.7. The molecule has 2 rings (SSSR count). The fraction of sp³-hybridized carbons (Fsp3) is 0.250. The Kier molecular flexibility index (Phi) is 5.27. The maximum Gasteiger partial charge on any atom is 0.132 e. The first-order valence-corrected chi connectivity index (χ1v) is 7.00. The molecule has 0 saturated carbocycles. The van der Waals surface area contributed by atoms with E-state index in [0.717, 1.165) is 29.2 Å². The van der Waals surface area contributed by atoms with E-state index in [0.29, 0.717) is 18.2 Å². The van der Waals surface area contributed by atoms with Crippen molar-refractivity contribution < 1.29 is 9.47 Å². The highest BCUT2D eigenvalue weighted by molar-refractivity contribution is 6.30. The monoisotopic (exact) mass is 291 g/mol. The van der Waals surface area contributed by atoms with Crippen LogP contribution >= 0.6 is 11.6 Å². The van der Waals surface area contributed by atoms with Gasteiger partial charge in [0.15, 0.2) is 0 Å². The van der Waals surface area contributed by atoms with Gasteiger partial charge in [0.05, 0.1) is 6.61 Å². The van der Waals surface area contributed by atoms with Crippen LogP contribution in [0.5, 0.6) is 17.2 Å². The maximum absolute atomic E-state index is 6.02. The van der Waals surface area contributed by atoms with Crippen LogP contribution in [0.25, 0.3) is 0 Å². The second-order valence-corrected chi connectivity index (χ2v) is 4.73. The smallest absolute Gasteiger partial charge is 0.132 e. The molecule has 0 heterocycles. The Hall–Kier alpha value is -1.71. The molecule has 0 aromatic heterocycles. The molecular formula is C16H18ClNO2. The largest absolute Gasteiger partial charge is 0.494 e. The molecule has 0 amide bonds. The molecule has 0 aliphatic heterocycles. The lowest BCUT2D eigenvalue weighted by molar-refractivity contribution is 0.339. The van der Waals surface area contributed by atoms with E-state index in [1.807, 2.05) is 49.4 Å². The SMILES string of the molecule is CCOc1ccc(Oc2cc(Cl)ccc2CCN)cc1. The van der Waals surface area contributed by atoms with Gasteiger partial charge in [0.2, 0.25) is 0 Å². The van der Waals surface area contributed by atoms with Gasteiger partial charge in [-0.15, -0.1) is 0 Å². The van der Waals surface area contributed by atoms with Crippen molar-refractivity contribution in [2.75, 3.05) is 13.2 Å². The third-order valence-corrected chi connectivity index (χ3v) is 3.04. The zero-order chi connectivity index (χ0) is 14.4.